The number of halogens is 4. The van der Waals surface area contributed by atoms with Crippen molar-refractivity contribution in [2.45, 2.75) is 4.90 Å². The van der Waals surface area contributed by atoms with Gasteiger partial charge in [-0.2, -0.15) is 0 Å². The van der Waals surface area contributed by atoms with Crippen molar-refractivity contribution in [3.05, 3.63) is 81.3 Å². The molecular weight excluding hydrogens is 464 g/mol. The van der Waals surface area contributed by atoms with Crippen LogP contribution in [0.15, 0.2) is 59.6 Å². The molecule has 0 saturated carbocycles. The fraction of sp³-hybridized carbons (Fsp3) is 0. The number of rotatable bonds is 5. The van der Waals surface area contributed by atoms with Crippen LogP contribution in [0.3, 0.4) is 0 Å². The summed E-state index contributed by atoms with van der Waals surface area (Å²) in [6.45, 7) is 0. The molecule has 29 heavy (non-hydrogen) atoms. The quantitative estimate of drug-likeness (QED) is 0.495. The number of hydrogen-bond acceptors (Lipinski definition) is 4. The van der Waals surface area contributed by atoms with Crippen LogP contribution in [0.4, 0.5) is 15.8 Å². The average molecular weight is 475 g/mol. The molecule has 3 aromatic rings. The molecular formula is C18H11Cl3FN3O3S. The zero-order valence-corrected chi connectivity index (χ0v) is 17.4. The molecule has 1 heterocycles. The van der Waals surface area contributed by atoms with E-state index >= 15 is 0 Å². The van der Waals surface area contributed by atoms with Gasteiger partial charge in [-0.1, -0.05) is 34.8 Å². The van der Waals surface area contributed by atoms with Gasteiger partial charge in [0.15, 0.2) is 0 Å². The van der Waals surface area contributed by atoms with Gasteiger partial charge in [0, 0.05) is 22.6 Å². The number of benzene rings is 2. The Bertz CT molecular complexity index is 1190. The second-order valence-electron chi connectivity index (χ2n) is 5.70. The molecule has 0 aliphatic rings. The minimum absolute atomic E-state index is 0.0177. The van der Waals surface area contributed by atoms with E-state index in [4.69, 9.17) is 34.8 Å². The Balaban J connectivity index is 1.87. The van der Waals surface area contributed by atoms with Crippen LogP contribution in [-0.4, -0.2) is 19.3 Å². The van der Waals surface area contributed by atoms with Crippen molar-refractivity contribution in [2.24, 2.45) is 0 Å². The third-order valence-electron chi connectivity index (χ3n) is 3.64. The summed E-state index contributed by atoms with van der Waals surface area (Å²) in [6.07, 6.45) is 1.17. The largest absolute Gasteiger partial charge is 0.322 e. The number of pyridine rings is 1. The Kier molecular flexibility index (Phi) is 6.28. The third kappa shape index (κ3) is 5.16. The molecule has 0 atom stereocenters. The van der Waals surface area contributed by atoms with Crippen LogP contribution in [0.25, 0.3) is 0 Å². The summed E-state index contributed by atoms with van der Waals surface area (Å²) in [5.41, 5.74) is 0.255. The molecule has 0 unspecified atom stereocenters. The van der Waals surface area contributed by atoms with Crippen molar-refractivity contribution < 1.29 is 17.6 Å². The molecule has 6 nitrogen and oxygen atoms in total. The van der Waals surface area contributed by atoms with E-state index in [1.807, 2.05) is 0 Å². The number of aromatic nitrogens is 1. The molecule has 1 aromatic heterocycles. The second kappa shape index (κ2) is 8.54. The van der Waals surface area contributed by atoms with Gasteiger partial charge in [0.05, 0.1) is 10.6 Å². The number of carbonyl (C=O) groups is 1. The van der Waals surface area contributed by atoms with Crippen LogP contribution in [-0.2, 0) is 10.0 Å². The van der Waals surface area contributed by atoms with Gasteiger partial charge in [-0.3, -0.25) is 9.52 Å². The SMILES string of the molecule is O=C(Nc1ccc(F)c(S(=O)(=O)Nc2ccc(Cl)cc2)c1)c1cnc(Cl)cc1Cl. The summed E-state index contributed by atoms with van der Waals surface area (Å²) in [5.74, 6) is -1.66. The third-order valence-corrected chi connectivity index (χ3v) is 5.81. The maximum Gasteiger partial charge on any atom is 0.264 e. The first kappa shape index (κ1) is 21.3. The van der Waals surface area contributed by atoms with E-state index in [0.29, 0.717) is 5.02 Å². The Morgan fingerprint density at radius 3 is 2.28 bits per heavy atom. The maximum absolute atomic E-state index is 14.2. The minimum Gasteiger partial charge on any atom is -0.322 e. The normalized spacial score (nSPS) is 11.2. The minimum atomic E-state index is -4.27. The van der Waals surface area contributed by atoms with E-state index < -0.39 is 26.6 Å². The number of amides is 1. The zero-order valence-electron chi connectivity index (χ0n) is 14.3. The number of sulfonamides is 1. The predicted octanol–water partition coefficient (Wildman–Crippen LogP) is 5.23. The van der Waals surface area contributed by atoms with Crippen LogP contribution in [0.2, 0.25) is 15.2 Å². The number of hydrogen-bond donors (Lipinski definition) is 2. The van der Waals surface area contributed by atoms with Gasteiger partial charge < -0.3 is 5.32 Å². The summed E-state index contributed by atoms with van der Waals surface area (Å²) in [4.78, 5) is 15.5. The Labute approximate surface area is 180 Å². The first-order valence-corrected chi connectivity index (χ1v) is 10.5. The van der Waals surface area contributed by atoms with Crippen molar-refractivity contribution in [3.8, 4) is 0 Å². The fourth-order valence-corrected chi connectivity index (χ4v) is 4.03. The van der Waals surface area contributed by atoms with Gasteiger partial charge in [-0.25, -0.2) is 17.8 Å². The molecule has 2 aromatic carbocycles. The van der Waals surface area contributed by atoms with E-state index in [9.17, 15) is 17.6 Å². The van der Waals surface area contributed by atoms with Crippen molar-refractivity contribution >= 4 is 62.1 Å². The first-order valence-electron chi connectivity index (χ1n) is 7.86. The highest BCUT2D eigenvalue weighted by molar-refractivity contribution is 7.92. The van der Waals surface area contributed by atoms with Crippen LogP contribution >= 0.6 is 34.8 Å². The Hall–Kier alpha value is -2.39. The van der Waals surface area contributed by atoms with Crippen molar-refractivity contribution in [2.75, 3.05) is 10.0 Å². The van der Waals surface area contributed by atoms with Gasteiger partial charge in [0.25, 0.3) is 15.9 Å². The van der Waals surface area contributed by atoms with Gasteiger partial charge >= 0.3 is 0 Å². The average Bonchev–Trinajstić information content (AvgIpc) is 2.64. The lowest BCUT2D eigenvalue weighted by Crippen LogP contribution is -2.17. The fourth-order valence-electron chi connectivity index (χ4n) is 2.29. The van der Waals surface area contributed by atoms with Gasteiger partial charge in [0.2, 0.25) is 0 Å². The molecule has 11 heteroatoms. The molecule has 0 aliphatic carbocycles. The predicted molar refractivity (Wildman–Crippen MR) is 111 cm³/mol. The molecule has 0 fully saturated rings. The van der Waals surface area contributed by atoms with E-state index in [2.05, 4.69) is 15.0 Å². The summed E-state index contributed by atoms with van der Waals surface area (Å²) >= 11 is 17.4. The number of carbonyl (C=O) groups excluding carboxylic acids is 1. The van der Waals surface area contributed by atoms with Crippen LogP contribution < -0.4 is 10.0 Å². The monoisotopic (exact) mass is 473 g/mol. The van der Waals surface area contributed by atoms with Gasteiger partial charge in [0.1, 0.15) is 15.9 Å². The molecule has 3 rings (SSSR count). The van der Waals surface area contributed by atoms with Gasteiger partial charge in [-0.05, 0) is 48.5 Å². The van der Waals surface area contributed by atoms with E-state index in [-0.39, 0.29) is 27.1 Å². The summed E-state index contributed by atoms with van der Waals surface area (Å²) in [5, 5.41) is 3.03. The molecule has 0 aliphatic heterocycles. The topological polar surface area (TPSA) is 88.2 Å². The summed E-state index contributed by atoms with van der Waals surface area (Å²) in [7, 11) is -4.27. The zero-order chi connectivity index (χ0) is 21.2. The maximum atomic E-state index is 14.2. The summed E-state index contributed by atoms with van der Waals surface area (Å²) in [6, 6.07) is 10.2. The van der Waals surface area contributed by atoms with Crippen molar-refractivity contribution in [1.82, 2.24) is 4.98 Å². The molecule has 1 amide bonds. The highest BCUT2D eigenvalue weighted by Gasteiger charge is 2.21. The van der Waals surface area contributed by atoms with E-state index in [0.717, 1.165) is 12.1 Å². The van der Waals surface area contributed by atoms with Crippen LogP contribution in [0, 0.1) is 5.82 Å². The van der Waals surface area contributed by atoms with Crippen LogP contribution in [0.5, 0.6) is 0 Å². The highest BCUT2D eigenvalue weighted by Crippen LogP contribution is 2.25. The van der Waals surface area contributed by atoms with Crippen molar-refractivity contribution in [1.29, 1.82) is 0 Å². The number of anilines is 2. The molecule has 0 radical (unpaired) electrons. The second-order valence-corrected chi connectivity index (χ2v) is 8.58. The highest BCUT2D eigenvalue weighted by atomic mass is 35.5. The first-order chi connectivity index (χ1) is 13.7. The van der Waals surface area contributed by atoms with Gasteiger partial charge in [-0.15, -0.1) is 0 Å². The van der Waals surface area contributed by atoms with Crippen molar-refractivity contribution in [3.63, 3.8) is 0 Å². The summed E-state index contributed by atoms with van der Waals surface area (Å²) < 4.78 is 41.6. The number of nitrogens with one attached hydrogen (secondary N) is 2. The van der Waals surface area contributed by atoms with E-state index in [1.165, 1.54) is 42.6 Å². The van der Waals surface area contributed by atoms with E-state index in [1.54, 1.807) is 0 Å². The molecule has 150 valence electrons. The molecule has 0 bridgehead atoms. The van der Waals surface area contributed by atoms with Crippen LogP contribution in [0.1, 0.15) is 10.4 Å². The smallest absolute Gasteiger partial charge is 0.264 e. The molecule has 0 spiro atoms. The Morgan fingerprint density at radius 2 is 1.62 bits per heavy atom. The lowest BCUT2D eigenvalue weighted by Gasteiger charge is -2.12. The lowest BCUT2D eigenvalue weighted by molar-refractivity contribution is 0.102. The molecule has 2 N–H and O–H groups in total. The standard InChI is InChI=1S/C18H11Cl3FN3O3S/c19-10-1-3-11(4-2-10)25-29(27,28)16-7-12(5-6-15(16)22)24-18(26)13-9-23-17(21)8-14(13)20/h1-9,25H,(H,24,26). The number of nitrogens with zero attached hydrogens (tertiary/aromatic N) is 1. The Morgan fingerprint density at radius 1 is 0.966 bits per heavy atom. The molecule has 0 saturated heterocycles. The lowest BCUT2D eigenvalue weighted by atomic mass is 10.2.